The molecule has 3 rings (SSSR count). The number of rotatable bonds is 7. The number of aliphatic hydroxyl groups is 1. The number of hydrogen-bond donors (Lipinski definition) is 1. The molecule has 1 unspecified atom stereocenters. The average Bonchev–Trinajstić information content (AvgIpc) is 3.21. The van der Waals surface area contributed by atoms with Gasteiger partial charge in [0.25, 0.3) is 0 Å². The van der Waals surface area contributed by atoms with Crippen molar-refractivity contribution >= 4 is 41.0 Å². The summed E-state index contributed by atoms with van der Waals surface area (Å²) in [5.41, 5.74) is 1.81. The summed E-state index contributed by atoms with van der Waals surface area (Å²) in [5.74, 6) is 0. The lowest BCUT2D eigenvalue weighted by Gasteiger charge is -2.23. The Labute approximate surface area is 181 Å². The molecule has 0 spiro atoms. The van der Waals surface area contributed by atoms with E-state index < -0.39 is 18.7 Å². The minimum Gasteiger partial charge on any atom is -0.383 e. The summed E-state index contributed by atoms with van der Waals surface area (Å²) in [4.78, 5) is 1.60. The van der Waals surface area contributed by atoms with E-state index in [-0.39, 0.29) is 0 Å². The highest BCUT2D eigenvalue weighted by Gasteiger charge is 2.37. The van der Waals surface area contributed by atoms with Gasteiger partial charge in [0, 0.05) is 18.0 Å². The van der Waals surface area contributed by atoms with Crippen LogP contribution in [-0.4, -0.2) is 24.1 Å². The van der Waals surface area contributed by atoms with Crippen molar-refractivity contribution in [3.63, 3.8) is 0 Å². The summed E-state index contributed by atoms with van der Waals surface area (Å²) in [6.07, 6.45) is -6.53. The topological polar surface area (TPSA) is 35.8 Å². The molecule has 0 saturated heterocycles. The summed E-state index contributed by atoms with van der Waals surface area (Å²) < 4.78 is 38.6. The second-order valence-electron chi connectivity index (χ2n) is 6.32. The molecule has 0 amide bonds. The first-order chi connectivity index (χ1) is 14.3. The summed E-state index contributed by atoms with van der Waals surface area (Å²) in [6.45, 7) is 3.56. The Morgan fingerprint density at radius 2 is 1.77 bits per heavy atom. The lowest BCUT2D eigenvalue weighted by atomic mass is 10.1. The monoisotopic (exact) mass is 450 g/mol. The maximum Gasteiger partial charge on any atom is 0.414 e. The molecule has 3 aromatic rings. The van der Waals surface area contributed by atoms with Crippen LogP contribution < -0.4 is 5.01 Å². The first kappa shape index (κ1) is 22.1. The smallest absolute Gasteiger partial charge is 0.383 e. The van der Waals surface area contributed by atoms with Crippen LogP contribution in [0.3, 0.4) is 0 Å². The van der Waals surface area contributed by atoms with Crippen LogP contribution >= 0.6 is 22.9 Å². The number of halogens is 4. The standard InChI is InChI=1S/C22H18ClF3N2OS/c1-27-28(17-10-6-5-9-16(17)23)18(11-14-21(29)22(24,25)26)20-13-12-19(30-20)15-7-3-2-4-8-15/h2-13,21,29H,1,14H2/b18-11-. The zero-order valence-electron chi connectivity index (χ0n) is 15.7. The third-order valence-electron chi connectivity index (χ3n) is 4.28. The molecule has 0 aliphatic carbocycles. The van der Waals surface area contributed by atoms with Gasteiger partial charge in [-0.05, 0) is 29.8 Å². The molecule has 1 N–H and O–H groups in total. The second kappa shape index (κ2) is 9.47. The van der Waals surface area contributed by atoms with Crippen LogP contribution in [-0.2, 0) is 0 Å². The van der Waals surface area contributed by atoms with Gasteiger partial charge < -0.3 is 5.11 Å². The molecule has 1 heterocycles. The van der Waals surface area contributed by atoms with Crippen LogP contribution in [0.2, 0.25) is 5.02 Å². The minimum absolute atomic E-state index is 0.355. The summed E-state index contributed by atoms with van der Waals surface area (Å²) >= 11 is 7.68. The van der Waals surface area contributed by atoms with Crippen molar-refractivity contribution < 1.29 is 18.3 Å². The Balaban J connectivity index is 2.05. The molecule has 1 aromatic heterocycles. The third kappa shape index (κ3) is 5.11. The molecule has 3 nitrogen and oxygen atoms in total. The van der Waals surface area contributed by atoms with E-state index in [9.17, 15) is 18.3 Å². The molecule has 0 saturated carbocycles. The van der Waals surface area contributed by atoms with Gasteiger partial charge in [0.2, 0.25) is 0 Å². The number of nitrogens with zero attached hydrogens (tertiary/aromatic N) is 2. The highest BCUT2D eigenvalue weighted by Crippen LogP contribution is 2.38. The Morgan fingerprint density at radius 3 is 2.40 bits per heavy atom. The molecule has 156 valence electrons. The number of benzene rings is 2. The molecule has 0 bridgehead atoms. The molecule has 0 radical (unpaired) electrons. The highest BCUT2D eigenvalue weighted by atomic mass is 35.5. The van der Waals surface area contributed by atoms with Crippen molar-refractivity contribution in [2.45, 2.75) is 18.7 Å². The van der Waals surface area contributed by atoms with E-state index in [1.165, 1.54) is 22.4 Å². The summed E-state index contributed by atoms with van der Waals surface area (Å²) in [6, 6.07) is 20.1. The fraction of sp³-hybridized carbons (Fsp3) is 0.136. The van der Waals surface area contributed by atoms with Gasteiger partial charge in [0.15, 0.2) is 6.10 Å². The van der Waals surface area contributed by atoms with Crippen LogP contribution in [0.1, 0.15) is 11.3 Å². The van der Waals surface area contributed by atoms with E-state index in [0.717, 1.165) is 10.4 Å². The van der Waals surface area contributed by atoms with Gasteiger partial charge in [-0.3, -0.25) is 0 Å². The van der Waals surface area contributed by atoms with Gasteiger partial charge in [0.05, 0.1) is 21.3 Å². The molecule has 0 fully saturated rings. The number of aliphatic hydroxyl groups excluding tert-OH is 1. The van der Waals surface area contributed by atoms with E-state index >= 15 is 0 Å². The average molecular weight is 451 g/mol. The number of para-hydroxylation sites is 1. The number of hydrazone groups is 1. The predicted octanol–water partition coefficient (Wildman–Crippen LogP) is 6.84. The molecule has 0 aliphatic rings. The van der Waals surface area contributed by atoms with Gasteiger partial charge in [0.1, 0.15) is 0 Å². The van der Waals surface area contributed by atoms with Crippen LogP contribution in [0.25, 0.3) is 16.1 Å². The van der Waals surface area contributed by atoms with Crippen molar-refractivity contribution in [3.05, 3.63) is 82.7 Å². The molecule has 0 aliphatic heterocycles. The Hall–Kier alpha value is -2.61. The van der Waals surface area contributed by atoms with Gasteiger partial charge in [-0.1, -0.05) is 60.1 Å². The maximum absolute atomic E-state index is 12.9. The minimum atomic E-state index is -4.72. The van der Waals surface area contributed by atoms with E-state index in [1.54, 1.807) is 30.3 Å². The second-order valence-corrected chi connectivity index (χ2v) is 7.81. The lowest BCUT2D eigenvalue weighted by Crippen LogP contribution is -2.28. The van der Waals surface area contributed by atoms with E-state index in [1.807, 2.05) is 36.4 Å². The van der Waals surface area contributed by atoms with Gasteiger partial charge in [-0.2, -0.15) is 18.3 Å². The first-order valence-electron chi connectivity index (χ1n) is 8.93. The number of hydrogen-bond acceptors (Lipinski definition) is 4. The zero-order chi connectivity index (χ0) is 21.7. The molecule has 8 heteroatoms. The fourth-order valence-corrected chi connectivity index (χ4v) is 4.04. The molecular weight excluding hydrogens is 433 g/mol. The fourth-order valence-electron chi connectivity index (χ4n) is 2.79. The van der Waals surface area contributed by atoms with Crippen LogP contribution in [0.15, 0.2) is 77.9 Å². The van der Waals surface area contributed by atoms with Crippen molar-refractivity contribution in [2.24, 2.45) is 5.10 Å². The number of thiophene rings is 1. The van der Waals surface area contributed by atoms with E-state index in [4.69, 9.17) is 11.6 Å². The van der Waals surface area contributed by atoms with E-state index in [2.05, 4.69) is 11.8 Å². The Bertz CT molecular complexity index is 1030. The van der Waals surface area contributed by atoms with Crippen molar-refractivity contribution in [1.82, 2.24) is 0 Å². The van der Waals surface area contributed by atoms with Crippen molar-refractivity contribution in [1.29, 1.82) is 0 Å². The zero-order valence-corrected chi connectivity index (χ0v) is 17.3. The van der Waals surface area contributed by atoms with Gasteiger partial charge >= 0.3 is 6.18 Å². The van der Waals surface area contributed by atoms with Crippen LogP contribution in [0, 0.1) is 0 Å². The molecular formula is C22H18ClF3N2OS. The van der Waals surface area contributed by atoms with Gasteiger partial charge in [-0.25, -0.2) is 5.01 Å². The Kier molecular flexibility index (Phi) is 6.97. The van der Waals surface area contributed by atoms with E-state index in [0.29, 0.717) is 21.3 Å². The molecule has 1 atom stereocenters. The number of anilines is 1. The largest absolute Gasteiger partial charge is 0.414 e. The normalized spacial score (nSPS) is 13.2. The molecule has 2 aromatic carbocycles. The third-order valence-corrected chi connectivity index (χ3v) is 5.76. The quantitative estimate of drug-likeness (QED) is 0.316. The number of alkyl halides is 3. The van der Waals surface area contributed by atoms with Crippen molar-refractivity contribution in [3.8, 4) is 10.4 Å². The maximum atomic E-state index is 12.9. The first-order valence-corrected chi connectivity index (χ1v) is 10.1. The SMILES string of the molecule is C=NN(/C(=C\CC(O)C(F)(F)F)c1ccc(-c2ccccc2)s1)c1ccccc1Cl. The van der Waals surface area contributed by atoms with Gasteiger partial charge in [-0.15, -0.1) is 11.3 Å². The Morgan fingerprint density at radius 1 is 1.10 bits per heavy atom. The molecule has 30 heavy (non-hydrogen) atoms. The van der Waals surface area contributed by atoms with Crippen molar-refractivity contribution in [2.75, 3.05) is 5.01 Å². The highest BCUT2D eigenvalue weighted by molar-refractivity contribution is 7.16. The lowest BCUT2D eigenvalue weighted by molar-refractivity contribution is -0.202. The summed E-state index contributed by atoms with van der Waals surface area (Å²) in [5, 5.41) is 15.2. The van der Waals surface area contributed by atoms with Crippen LogP contribution in [0.5, 0.6) is 0 Å². The van der Waals surface area contributed by atoms with Crippen LogP contribution in [0.4, 0.5) is 18.9 Å². The summed E-state index contributed by atoms with van der Waals surface area (Å²) in [7, 11) is 0. The predicted molar refractivity (Wildman–Crippen MR) is 118 cm³/mol.